The van der Waals surface area contributed by atoms with Gasteiger partial charge in [0, 0.05) is 13.2 Å². The minimum atomic E-state index is -0.131. The van der Waals surface area contributed by atoms with Crippen molar-refractivity contribution < 1.29 is 4.79 Å². The summed E-state index contributed by atoms with van der Waals surface area (Å²) >= 11 is 0. The van der Waals surface area contributed by atoms with Crippen molar-refractivity contribution in [1.29, 1.82) is 0 Å². The lowest BCUT2D eigenvalue weighted by Gasteiger charge is -2.18. The Kier molecular flexibility index (Phi) is 3.24. The molecule has 2 heteroatoms. The molecule has 19 heavy (non-hydrogen) atoms. The van der Waals surface area contributed by atoms with Crippen LogP contribution in [0.15, 0.2) is 53.8 Å². The van der Waals surface area contributed by atoms with Crippen LogP contribution in [-0.2, 0) is 4.79 Å². The number of carbonyl (C=O) groups excluding carboxylic acids is 1. The summed E-state index contributed by atoms with van der Waals surface area (Å²) in [6.07, 6.45) is 8.91. The second-order valence-electron chi connectivity index (χ2n) is 5.39. The van der Waals surface area contributed by atoms with Crippen molar-refractivity contribution in [3.8, 4) is 0 Å². The van der Waals surface area contributed by atoms with Crippen LogP contribution in [-0.4, -0.2) is 17.9 Å². The summed E-state index contributed by atoms with van der Waals surface area (Å²) in [7, 11) is 1.87. The SMILES string of the molecule is CN1C=C2CCCCC2=CC(c2ccccc2)C1=O. The van der Waals surface area contributed by atoms with E-state index in [2.05, 4.69) is 6.08 Å². The lowest BCUT2D eigenvalue weighted by Crippen LogP contribution is -2.25. The Bertz CT molecular complexity index is 542. The molecule has 1 heterocycles. The first-order valence-electron chi connectivity index (χ1n) is 6.99. The number of hydrogen-bond acceptors (Lipinski definition) is 1. The van der Waals surface area contributed by atoms with E-state index in [1.54, 1.807) is 4.90 Å². The van der Waals surface area contributed by atoms with Crippen molar-refractivity contribution in [2.45, 2.75) is 31.6 Å². The van der Waals surface area contributed by atoms with Crippen LogP contribution in [0.1, 0.15) is 37.2 Å². The van der Waals surface area contributed by atoms with Crippen molar-refractivity contribution in [3.63, 3.8) is 0 Å². The third-order valence-electron chi connectivity index (χ3n) is 4.04. The highest BCUT2D eigenvalue weighted by atomic mass is 16.2. The van der Waals surface area contributed by atoms with E-state index in [1.807, 2.05) is 43.6 Å². The molecule has 0 bridgehead atoms. The van der Waals surface area contributed by atoms with Gasteiger partial charge in [0.1, 0.15) is 0 Å². The van der Waals surface area contributed by atoms with Crippen LogP contribution in [0, 0.1) is 0 Å². The summed E-state index contributed by atoms with van der Waals surface area (Å²) in [5.74, 6) is 0.0358. The van der Waals surface area contributed by atoms with Crippen LogP contribution >= 0.6 is 0 Å². The normalized spacial score (nSPS) is 23.3. The summed E-state index contributed by atoms with van der Waals surface area (Å²) in [4.78, 5) is 14.3. The summed E-state index contributed by atoms with van der Waals surface area (Å²) in [5, 5.41) is 0. The molecule has 2 nitrogen and oxygen atoms in total. The number of hydrogen-bond donors (Lipinski definition) is 0. The smallest absolute Gasteiger partial charge is 0.237 e. The Hall–Kier alpha value is -1.83. The van der Waals surface area contributed by atoms with Gasteiger partial charge in [-0.3, -0.25) is 4.79 Å². The van der Waals surface area contributed by atoms with E-state index in [0.717, 1.165) is 18.4 Å². The van der Waals surface area contributed by atoms with Crippen LogP contribution < -0.4 is 0 Å². The first-order valence-corrected chi connectivity index (χ1v) is 6.99. The van der Waals surface area contributed by atoms with E-state index in [1.165, 1.54) is 24.0 Å². The Labute approximate surface area is 114 Å². The van der Waals surface area contributed by atoms with Gasteiger partial charge < -0.3 is 4.90 Å². The molecular weight excluding hydrogens is 234 g/mol. The average Bonchev–Trinajstić information content (AvgIpc) is 2.58. The largest absolute Gasteiger partial charge is 0.321 e. The summed E-state index contributed by atoms with van der Waals surface area (Å²) < 4.78 is 0. The molecule has 98 valence electrons. The molecule has 1 saturated carbocycles. The predicted molar refractivity (Wildman–Crippen MR) is 76.6 cm³/mol. The topological polar surface area (TPSA) is 20.3 Å². The standard InChI is InChI=1S/C17H19NO/c1-18-12-15-10-6-5-9-14(15)11-16(17(18)19)13-7-3-2-4-8-13/h2-4,7-8,11-12,16H,5-6,9-10H2,1H3. The van der Waals surface area contributed by atoms with Crippen LogP contribution in [0.3, 0.4) is 0 Å². The Morgan fingerprint density at radius 1 is 1.05 bits per heavy atom. The van der Waals surface area contributed by atoms with Crippen molar-refractivity contribution in [2.75, 3.05) is 7.05 Å². The number of fused-ring (bicyclic) bond motifs is 1. The zero-order chi connectivity index (χ0) is 13.2. The second kappa shape index (κ2) is 5.04. The van der Waals surface area contributed by atoms with Crippen molar-refractivity contribution in [2.24, 2.45) is 0 Å². The fraction of sp³-hybridized carbons (Fsp3) is 0.353. The quantitative estimate of drug-likeness (QED) is 0.748. The molecule has 1 atom stereocenters. The van der Waals surface area contributed by atoms with E-state index >= 15 is 0 Å². The molecular formula is C17H19NO. The first kappa shape index (κ1) is 12.2. The van der Waals surface area contributed by atoms with E-state index in [9.17, 15) is 4.79 Å². The molecule has 3 rings (SSSR count). The number of likely N-dealkylation sites (N-methyl/N-ethyl adjacent to an activating group) is 1. The molecule has 1 aliphatic carbocycles. The predicted octanol–water partition coefficient (Wildman–Crippen LogP) is 3.63. The molecule has 0 radical (unpaired) electrons. The lowest BCUT2D eigenvalue weighted by molar-refractivity contribution is -0.128. The molecule has 0 saturated heterocycles. The van der Waals surface area contributed by atoms with Gasteiger partial charge in [0.05, 0.1) is 5.92 Å². The van der Waals surface area contributed by atoms with E-state index in [0.29, 0.717) is 0 Å². The van der Waals surface area contributed by atoms with Gasteiger partial charge >= 0.3 is 0 Å². The van der Waals surface area contributed by atoms with Crippen LogP contribution in [0.4, 0.5) is 0 Å². The Balaban J connectivity index is 2.03. The summed E-state index contributed by atoms with van der Waals surface area (Å²) in [6.45, 7) is 0. The maximum Gasteiger partial charge on any atom is 0.237 e. The van der Waals surface area contributed by atoms with E-state index < -0.39 is 0 Å². The number of carbonyl (C=O) groups is 1. The van der Waals surface area contributed by atoms with Gasteiger partial charge in [-0.15, -0.1) is 0 Å². The van der Waals surface area contributed by atoms with Crippen LogP contribution in [0.2, 0.25) is 0 Å². The minimum absolute atomic E-state index is 0.131. The van der Waals surface area contributed by atoms with Crippen LogP contribution in [0.5, 0.6) is 0 Å². The monoisotopic (exact) mass is 253 g/mol. The van der Waals surface area contributed by atoms with Crippen molar-refractivity contribution in [3.05, 3.63) is 59.3 Å². The summed E-state index contributed by atoms with van der Waals surface area (Å²) in [6, 6.07) is 10.1. The average molecular weight is 253 g/mol. The molecule has 0 spiro atoms. The molecule has 1 unspecified atom stereocenters. The molecule has 1 aliphatic heterocycles. The molecule has 1 amide bonds. The first-order chi connectivity index (χ1) is 9.25. The van der Waals surface area contributed by atoms with E-state index in [4.69, 9.17) is 0 Å². The third-order valence-corrected chi connectivity index (χ3v) is 4.04. The maximum atomic E-state index is 12.5. The Morgan fingerprint density at radius 2 is 1.74 bits per heavy atom. The number of nitrogens with zero attached hydrogens (tertiary/aromatic N) is 1. The highest BCUT2D eigenvalue weighted by molar-refractivity contribution is 5.87. The second-order valence-corrected chi connectivity index (χ2v) is 5.39. The number of allylic oxidation sites excluding steroid dienone is 2. The lowest BCUT2D eigenvalue weighted by atomic mass is 9.87. The Morgan fingerprint density at radius 3 is 2.47 bits per heavy atom. The molecule has 2 aliphatic rings. The van der Waals surface area contributed by atoms with Gasteiger partial charge in [0.2, 0.25) is 5.91 Å². The molecule has 1 aromatic rings. The fourth-order valence-electron chi connectivity index (χ4n) is 2.98. The molecule has 0 N–H and O–H groups in total. The summed E-state index contributed by atoms with van der Waals surface area (Å²) in [5.41, 5.74) is 3.81. The van der Waals surface area contributed by atoms with Gasteiger partial charge in [-0.25, -0.2) is 0 Å². The van der Waals surface area contributed by atoms with Crippen LogP contribution in [0.25, 0.3) is 0 Å². The highest BCUT2D eigenvalue weighted by Crippen LogP contribution is 2.35. The zero-order valence-electron chi connectivity index (χ0n) is 11.3. The van der Waals surface area contributed by atoms with Gasteiger partial charge in [0.15, 0.2) is 0 Å². The van der Waals surface area contributed by atoms with Gasteiger partial charge in [0.25, 0.3) is 0 Å². The van der Waals surface area contributed by atoms with E-state index in [-0.39, 0.29) is 11.8 Å². The zero-order valence-corrected chi connectivity index (χ0v) is 11.3. The van der Waals surface area contributed by atoms with Crippen molar-refractivity contribution in [1.82, 2.24) is 4.90 Å². The third kappa shape index (κ3) is 2.35. The molecule has 1 fully saturated rings. The fourth-order valence-corrected chi connectivity index (χ4v) is 2.98. The molecule has 0 aromatic heterocycles. The highest BCUT2D eigenvalue weighted by Gasteiger charge is 2.26. The van der Waals surface area contributed by atoms with Gasteiger partial charge in [-0.1, -0.05) is 36.4 Å². The minimum Gasteiger partial charge on any atom is -0.321 e. The number of amides is 1. The van der Waals surface area contributed by atoms with Gasteiger partial charge in [-0.05, 0) is 42.4 Å². The molecule has 1 aromatic carbocycles. The van der Waals surface area contributed by atoms with Crippen molar-refractivity contribution >= 4 is 5.91 Å². The van der Waals surface area contributed by atoms with Gasteiger partial charge in [-0.2, -0.15) is 0 Å². The number of benzene rings is 1. The maximum absolute atomic E-state index is 12.5. The number of rotatable bonds is 1.